The van der Waals surface area contributed by atoms with Crippen molar-refractivity contribution in [1.82, 2.24) is 5.32 Å². The molecule has 0 saturated heterocycles. The number of benzene rings is 2. The number of hydrogen-bond donors (Lipinski definition) is 1. The van der Waals surface area contributed by atoms with E-state index in [0.29, 0.717) is 11.5 Å². The normalized spacial score (nSPS) is 19.0. The summed E-state index contributed by atoms with van der Waals surface area (Å²) in [5.41, 5.74) is 1.88. The predicted octanol–water partition coefficient (Wildman–Crippen LogP) is 5.83. The fourth-order valence-electron chi connectivity index (χ4n) is 4.25. The van der Waals surface area contributed by atoms with E-state index in [1.165, 1.54) is 52.9 Å². The van der Waals surface area contributed by atoms with Gasteiger partial charge in [0.05, 0.1) is 0 Å². The Labute approximate surface area is 136 Å². The molecular formula is C19H24BrN. The molecule has 1 atom stereocenters. The highest BCUT2D eigenvalue weighted by Gasteiger charge is 2.40. The fraction of sp³-hybridized carbons (Fsp3) is 0.474. The van der Waals surface area contributed by atoms with Gasteiger partial charge in [0.25, 0.3) is 0 Å². The van der Waals surface area contributed by atoms with Gasteiger partial charge in [0.1, 0.15) is 0 Å². The second-order valence-corrected chi connectivity index (χ2v) is 7.18. The van der Waals surface area contributed by atoms with Crippen molar-refractivity contribution in [1.29, 1.82) is 0 Å². The molecule has 0 amide bonds. The molecule has 0 spiro atoms. The molecule has 0 bridgehead atoms. The summed E-state index contributed by atoms with van der Waals surface area (Å²) in [5.74, 6) is 0. The first-order chi connectivity index (χ1) is 10.2. The standard InChI is InChI=1S/C19H24BrN/c1-3-19(12-6-7-13-19)18(21-2)16-10-11-17(20)15-9-5-4-8-14(15)16/h4-5,8-11,18,21H,3,6-7,12-13H2,1-2H3. The molecule has 1 nitrogen and oxygen atoms in total. The van der Waals surface area contributed by atoms with Crippen LogP contribution in [0.15, 0.2) is 40.9 Å². The number of rotatable bonds is 4. The monoisotopic (exact) mass is 345 g/mol. The molecular weight excluding hydrogens is 322 g/mol. The Morgan fingerprint density at radius 2 is 1.76 bits per heavy atom. The van der Waals surface area contributed by atoms with Gasteiger partial charge >= 0.3 is 0 Å². The Balaban J connectivity index is 2.15. The van der Waals surface area contributed by atoms with Gasteiger partial charge in [0.15, 0.2) is 0 Å². The zero-order valence-corrected chi connectivity index (χ0v) is 14.5. The topological polar surface area (TPSA) is 12.0 Å². The molecule has 2 aromatic carbocycles. The van der Waals surface area contributed by atoms with Gasteiger partial charge in [-0.1, -0.05) is 66.0 Å². The van der Waals surface area contributed by atoms with Gasteiger partial charge in [0, 0.05) is 10.5 Å². The summed E-state index contributed by atoms with van der Waals surface area (Å²) in [4.78, 5) is 0. The van der Waals surface area contributed by atoms with Crippen molar-refractivity contribution >= 4 is 26.7 Å². The van der Waals surface area contributed by atoms with Crippen LogP contribution < -0.4 is 5.32 Å². The van der Waals surface area contributed by atoms with Gasteiger partial charge in [-0.15, -0.1) is 0 Å². The summed E-state index contributed by atoms with van der Waals surface area (Å²) < 4.78 is 1.19. The molecule has 112 valence electrons. The van der Waals surface area contributed by atoms with Crippen LogP contribution in [-0.4, -0.2) is 7.05 Å². The first kappa shape index (κ1) is 15.1. The smallest absolute Gasteiger partial charge is 0.0380 e. The van der Waals surface area contributed by atoms with E-state index in [4.69, 9.17) is 0 Å². The van der Waals surface area contributed by atoms with Crippen LogP contribution >= 0.6 is 15.9 Å². The number of nitrogens with one attached hydrogen (secondary N) is 1. The highest BCUT2D eigenvalue weighted by atomic mass is 79.9. The van der Waals surface area contributed by atoms with E-state index in [2.05, 4.69) is 71.6 Å². The van der Waals surface area contributed by atoms with Crippen LogP contribution in [0.1, 0.15) is 50.6 Å². The molecule has 0 radical (unpaired) electrons. The lowest BCUT2D eigenvalue weighted by atomic mass is 9.72. The van der Waals surface area contributed by atoms with Crippen LogP contribution in [0.2, 0.25) is 0 Å². The lowest BCUT2D eigenvalue weighted by molar-refractivity contribution is 0.196. The van der Waals surface area contributed by atoms with Crippen LogP contribution in [0.3, 0.4) is 0 Å². The second kappa shape index (κ2) is 6.10. The van der Waals surface area contributed by atoms with Gasteiger partial charge in [-0.3, -0.25) is 0 Å². The molecule has 0 aliphatic heterocycles. The molecule has 2 heteroatoms. The minimum Gasteiger partial charge on any atom is -0.313 e. The average Bonchev–Trinajstić information content (AvgIpc) is 3.00. The fourth-order valence-corrected chi connectivity index (χ4v) is 4.73. The molecule has 1 unspecified atom stereocenters. The molecule has 0 heterocycles. The zero-order chi connectivity index (χ0) is 14.9. The Kier molecular flexibility index (Phi) is 4.37. The lowest BCUT2D eigenvalue weighted by Crippen LogP contribution is -2.34. The quantitative estimate of drug-likeness (QED) is 0.734. The maximum Gasteiger partial charge on any atom is 0.0380 e. The van der Waals surface area contributed by atoms with E-state index in [-0.39, 0.29) is 0 Å². The third-order valence-corrected chi connectivity index (χ3v) is 6.11. The van der Waals surface area contributed by atoms with Gasteiger partial charge < -0.3 is 5.32 Å². The average molecular weight is 346 g/mol. The minimum absolute atomic E-state index is 0.422. The highest BCUT2D eigenvalue weighted by molar-refractivity contribution is 9.10. The van der Waals surface area contributed by atoms with Crippen molar-refractivity contribution < 1.29 is 0 Å². The van der Waals surface area contributed by atoms with Crippen LogP contribution in [0, 0.1) is 5.41 Å². The summed E-state index contributed by atoms with van der Waals surface area (Å²) >= 11 is 3.70. The summed E-state index contributed by atoms with van der Waals surface area (Å²) in [6, 6.07) is 13.7. The Bertz CT molecular complexity index is 628. The van der Waals surface area contributed by atoms with Gasteiger partial charge in [-0.2, -0.15) is 0 Å². The molecule has 1 N–H and O–H groups in total. The van der Waals surface area contributed by atoms with Gasteiger partial charge in [-0.25, -0.2) is 0 Å². The first-order valence-electron chi connectivity index (χ1n) is 8.06. The third-order valence-electron chi connectivity index (χ3n) is 5.42. The predicted molar refractivity (Wildman–Crippen MR) is 94.6 cm³/mol. The minimum atomic E-state index is 0.422. The number of fused-ring (bicyclic) bond motifs is 1. The van der Waals surface area contributed by atoms with Crippen molar-refractivity contribution in [2.75, 3.05) is 7.05 Å². The second-order valence-electron chi connectivity index (χ2n) is 6.33. The number of hydrogen-bond acceptors (Lipinski definition) is 1. The Hall–Kier alpha value is -0.860. The van der Waals surface area contributed by atoms with Crippen LogP contribution in [-0.2, 0) is 0 Å². The van der Waals surface area contributed by atoms with E-state index >= 15 is 0 Å². The van der Waals surface area contributed by atoms with Crippen molar-refractivity contribution in [2.45, 2.75) is 45.1 Å². The number of halogens is 1. The summed E-state index contributed by atoms with van der Waals surface area (Å²) in [6.07, 6.45) is 6.70. The lowest BCUT2D eigenvalue weighted by Gasteiger charge is -2.38. The van der Waals surface area contributed by atoms with E-state index in [0.717, 1.165) is 0 Å². The van der Waals surface area contributed by atoms with Gasteiger partial charge in [0.2, 0.25) is 0 Å². The van der Waals surface area contributed by atoms with E-state index in [9.17, 15) is 0 Å². The Morgan fingerprint density at radius 3 is 2.38 bits per heavy atom. The Morgan fingerprint density at radius 1 is 1.10 bits per heavy atom. The molecule has 0 aromatic heterocycles. The molecule has 1 aliphatic carbocycles. The third kappa shape index (κ3) is 2.53. The maximum atomic E-state index is 3.70. The largest absolute Gasteiger partial charge is 0.313 e. The van der Waals surface area contributed by atoms with E-state index < -0.39 is 0 Å². The first-order valence-corrected chi connectivity index (χ1v) is 8.85. The van der Waals surface area contributed by atoms with Crippen LogP contribution in [0.4, 0.5) is 0 Å². The van der Waals surface area contributed by atoms with Gasteiger partial charge in [-0.05, 0) is 54.1 Å². The van der Waals surface area contributed by atoms with Crippen LogP contribution in [0.25, 0.3) is 10.8 Å². The zero-order valence-electron chi connectivity index (χ0n) is 13.0. The SMILES string of the molecule is CCC1(C(NC)c2ccc(Br)c3ccccc23)CCCC1. The van der Waals surface area contributed by atoms with E-state index in [1.54, 1.807) is 0 Å². The molecule has 3 rings (SSSR count). The summed E-state index contributed by atoms with van der Waals surface area (Å²) in [7, 11) is 2.12. The summed E-state index contributed by atoms with van der Waals surface area (Å²) in [5, 5.41) is 6.35. The van der Waals surface area contributed by atoms with E-state index in [1.807, 2.05) is 0 Å². The highest BCUT2D eigenvalue weighted by Crippen LogP contribution is 2.51. The molecule has 1 fully saturated rings. The van der Waals surface area contributed by atoms with Crippen LogP contribution in [0.5, 0.6) is 0 Å². The molecule has 1 saturated carbocycles. The van der Waals surface area contributed by atoms with Crippen molar-refractivity contribution in [3.8, 4) is 0 Å². The van der Waals surface area contributed by atoms with Crippen molar-refractivity contribution in [3.63, 3.8) is 0 Å². The summed E-state index contributed by atoms with van der Waals surface area (Å²) in [6.45, 7) is 2.36. The molecule has 1 aliphatic rings. The molecule has 21 heavy (non-hydrogen) atoms. The van der Waals surface area contributed by atoms with Crippen molar-refractivity contribution in [3.05, 3.63) is 46.4 Å². The molecule has 2 aromatic rings. The van der Waals surface area contributed by atoms with Crippen molar-refractivity contribution in [2.24, 2.45) is 5.41 Å². The maximum absolute atomic E-state index is 3.70.